The number of hydrogen-bond donors (Lipinski definition) is 2. The maximum atomic E-state index is 4.16. The summed E-state index contributed by atoms with van der Waals surface area (Å²) >= 11 is 0. The van der Waals surface area contributed by atoms with E-state index in [0.717, 1.165) is 18.2 Å². The summed E-state index contributed by atoms with van der Waals surface area (Å²) in [5.41, 5.74) is 1.15. The minimum absolute atomic E-state index is 0. The van der Waals surface area contributed by atoms with Crippen LogP contribution in [0.4, 0.5) is 0 Å². The highest BCUT2D eigenvalue weighted by Crippen LogP contribution is 2.18. The molecular weight excluding hydrogens is 317 g/mol. The van der Waals surface area contributed by atoms with Crippen molar-refractivity contribution in [2.24, 2.45) is 12.0 Å². The number of rotatable bonds is 3. The standard InChI is InChI=1S/C10H17N5.HI/c1-11-10(14-8-3-4-8)13-6-9-5-12-7-15(9)2;/h5,7-8H,3-4,6H2,1-2H3,(H2,11,13,14);1H. The van der Waals surface area contributed by atoms with Gasteiger partial charge in [-0.3, -0.25) is 4.99 Å². The molecule has 90 valence electrons. The highest BCUT2D eigenvalue weighted by molar-refractivity contribution is 14.0. The molecule has 0 saturated heterocycles. The Morgan fingerprint density at radius 1 is 1.62 bits per heavy atom. The number of nitrogens with zero attached hydrogens (tertiary/aromatic N) is 3. The van der Waals surface area contributed by atoms with E-state index in [1.807, 2.05) is 17.8 Å². The monoisotopic (exact) mass is 335 g/mol. The molecule has 0 unspecified atom stereocenters. The van der Waals surface area contributed by atoms with Crippen LogP contribution in [-0.4, -0.2) is 28.6 Å². The highest BCUT2D eigenvalue weighted by atomic mass is 127. The molecule has 0 bridgehead atoms. The van der Waals surface area contributed by atoms with Crippen molar-refractivity contribution < 1.29 is 0 Å². The van der Waals surface area contributed by atoms with Crippen LogP contribution in [0.1, 0.15) is 18.5 Å². The van der Waals surface area contributed by atoms with Gasteiger partial charge in [0, 0.05) is 26.3 Å². The molecule has 0 aliphatic heterocycles. The lowest BCUT2D eigenvalue weighted by molar-refractivity contribution is 0.748. The molecule has 1 heterocycles. The third-order valence-corrected chi connectivity index (χ3v) is 2.50. The van der Waals surface area contributed by atoms with Crippen LogP contribution >= 0.6 is 24.0 Å². The van der Waals surface area contributed by atoms with Crippen molar-refractivity contribution in [1.29, 1.82) is 0 Å². The zero-order chi connectivity index (χ0) is 10.7. The predicted molar refractivity (Wildman–Crippen MR) is 75.0 cm³/mol. The third kappa shape index (κ3) is 3.66. The molecule has 6 heteroatoms. The van der Waals surface area contributed by atoms with E-state index in [1.54, 1.807) is 13.4 Å². The second-order valence-corrected chi connectivity index (χ2v) is 3.84. The SMILES string of the molecule is CN=C(NCc1cncn1C)NC1CC1.I. The molecule has 16 heavy (non-hydrogen) atoms. The van der Waals surface area contributed by atoms with Crippen molar-refractivity contribution in [1.82, 2.24) is 20.2 Å². The summed E-state index contributed by atoms with van der Waals surface area (Å²) in [6.07, 6.45) is 6.17. The first kappa shape index (κ1) is 13.3. The van der Waals surface area contributed by atoms with Crippen molar-refractivity contribution >= 4 is 29.9 Å². The quantitative estimate of drug-likeness (QED) is 0.490. The van der Waals surface area contributed by atoms with E-state index >= 15 is 0 Å². The summed E-state index contributed by atoms with van der Waals surface area (Å²) in [5, 5.41) is 6.59. The van der Waals surface area contributed by atoms with Crippen LogP contribution in [0.25, 0.3) is 0 Å². The lowest BCUT2D eigenvalue weighted by Crippen LogP contribution is -2.38. The largest absolute Gasteiger partial charge is 0.354 e. The molecular formula is C10H18IN5. The van der Waals surface area contributed by atoms with Gasteiger partial charge in [-0.1, -0.05) is 0 Å². The molecule has 1 aliphatic carbocycles. The summed E-state index contributed by atoms with van der Waals surface area (Å²) in [7, 11) is 3.78. The second-order valence-electron chi connectivity index (χ2n) is 3.84. The van der Waals surface area contributed by atoms with Gasteiger partial charge in [-0.15, -0.1) is 24.0 Å². The molecule has 0 spiro atoms. The van der Waals surface area contributed by atoms with Crippen molar-refractivity contribution in [3.8, 4) is 0 Å². The Kier molecular flexibility index (Phi) is 5.04. The van der Waals surface area contributed by atoms with Gasteiger partial charge in [0.1, 0.15) is 0 Å². The molecule has 1 aromatic rings. The second kappa shape index (κ2) is 6.07. The Morgan fingerprint density at radius 3 is 2.88 bits per heavy atom. The Hall–Kier alpha value is -0.790. The van der Waals surface area contributed by atoms with Crippen molar-refractivity contribution in [3.63, 3.8) is 0 Å². The van der Waals surface area contributed by atoms with Gasteiger partial charge in [0.05, 0.1) is 18.6 Å². The van der Waals surface area contributed by atoms with E-state index in [4.69, 9.17) is 0 Å². The van der Waals surface area contributed by atoms with Crippen LogP contribution in [0.2, 0.25) is 0 Å². The van der Waals surface area contributed by atoms with Crippen LogP contribution in [-0.2, 0) is 13.6 Å². The Bertz CT molecular complexity index is 356. The summed E-state index contributed by atoms with van der Waals surface area (Å²) < 4.78 is 2.00. The molecule has 5 nitrogen and oxygen atoms in total. The van der Waals surface area contributed by atoms with E-state index in [-0.39, 0.29) is 24.0 Å². The van der Waals surface area contributed by atoms with E-state index in [9.17, 15) is 0 Å². The van der Waals surface area contributed by atoms with Crippen molar-refractivity contribution in [2.75, 3.05) is 7.05 Å². The average molecular weight is 335 g/mol. The fraction of sp³-hybridized carbons (Fsp3) is 0.600. The topological polar surface area (TPSA) is 54.2 Å². The first-order valence-electron chi connectivity index (χ1n) is 5.22. The van der Waals surface area contributed by atoms with Gasteiger partial charge in [0.15, 0.2) is 5.96 Å². The Balaban J connectivity index is 0.00000128. The van der Waals surface area contributed by atoms with Gasteiger partial charge < -0.3 is 15.2 Å². The summed E-state index contributed by atoms with van der Waals surface area (Å²) in [6.45, 7) is 0.753. The maximum absolute atomic E-state index is 4.16. The van der Waals surface area contributed by atoms with Crippen LogP contribution in [0, 0.1) is 0 Å². The van der Waals surface area contributed by atoms with E-state index in [2.05, 4.69) is 20.6 Å². The summed E-state index contributed by atoms with van der Waals surface area (Å²) in [5.74, 6) is 0.874. The number of nitrogens with one attached hydrogen (secondary N) is 2. The van der Waals surface area contributed by atoms with Crippen molar-refractivity contribution in [2.45, 2.75) is 25.4 Å². The van der Waals surface area contributed by atoms with Gasteiger partial charge in [0.2, 0.25) is 0 Å². The molecule has 2 rings (SSSR count). The summed E-state index contributed by atoms with van der Waals surface area (Å²) in [4.78, 5) is 8.22. The number of aryl methyl sites for hydroxylation is 1. The number of aromatic nitrogens is 2. The predicted octanol–water partition coefficient (Wildman–Crippen LogP) is 0.865. The molecule has 0 radical (unpaired) electrons. The van der Waals surface area contributed by atoms with Gasteiger partial charge in [-0.2, -0.15) is 0 Å². The minimum atomic E-state index is 0. The lowest BCUT2D eigenvalue weighted by atomic mass is 10.4. The van der Waals surface area contributed by atoms with Gasteiger partial charge in [-0.25, -0.2) is 4.98 Å². The van der Waals surface area contributed by atoms with Crippen molar-refractivity contribution in [3.05, 3.63) is 18.2 Å². The molecule has 1 aliphatic rings. The third-order valence-electron chi connectivity index (χ3n) is 2.50. The zero-order valence-corrected chi connectivity index (χ0v) is 11.9. The molecule has 1 fully saturated rings. The minimum Gasteiger partial charge on any atom is -0.354 e. The molecule has 0 atom stereocenters. The number of imidazole rings is 1. The smallest absolute Gasteiger partial charge is 0.191 e. The van der Waals surface area contributed by atoms with Gasteiger partial charge in [-0.05, 0) is 12.8 Å². The molecule has 1 aromatic heterocycles. The number of halogens is 1. The van der Waals surface area contributed by atoms with E-state index in [0.29, 0.717) is 6.04 Å². The highest BCUT2D eigenvalue weighted by Gasteiger charge is 2.21. The number of aliphatic imine (C=N–C) groups is 1. The van der Waals surface area contributed by atoms with E-state index in [1.165, 1.54) is 12.8 Å². The maximum Gasteiger partial charge on any atom is 0.191 e. The fourth-order valence-corrected chi connectivity index (χ4v) is 1.34. The molecule has 2 N–H and O–H groups in total. The van der Waals surface area contributed by atoms with Crippen LogP contribution in [0.3, 0.4) is 0 Å². The van der Waals surface area contributed by atoms with Crippen LogP contribution in [0.15, 0.2) is 17.5 Å². The van der Waals surface area contributed by atoms with Crippen LogP contribution < -0.4 is 10.6 Å². The van der Waals surface area contributed by atoms with Crippen LogP contribution in [0.5, 0.6) is 0 Å². The van der Waals surface area contributed by atoms with Gasteiger partial charge >= 0.3 is 0 Å². The molecule has 0 aromatic carbocycles. The Morgan fingerprint density at radius 2 is 2.38 bits per heavy atom. The zero-order valence-electron chi connectivity index (χ0n) is 9.60. The fourth-order valence-electron chi connectivity index (χ4n) is 1.34. The Labute approximate surface area is 113 Å². The number of guanidine groups is 1. The molecule has 0 amide bonds. The summed E-state index contributed by atoms with van der Waals surface area (Å²) in [6, 6.07) is 0.628. The first-order valence-corrected chi connectivity index (χ1v) is 5.22. The lowest BCUT2D eigenvalue weighted by Gasteiger charge is -2.10. The van der Waals surface area contributed by atoms with Gasteiger partial charge in [0.25, 0.3) is 0 Å². The number of hydrogen-bond acceptors (Lipinski definition) is 2. The average Bonchev–Trinajstić information content (AvgIpc) is 2.96. The normalized spacial score (nSPS) is 15.5. The first-order chi connectivity index (χ1) is 7.29. The molecule has 1 saturated carbocycles. The van der Waals surface area contributed by atoms with E-state index < -0.39 is 0 Å².